The molecule has 6 heteroatoms. The molecule has 0 atom stereocenters. The standard InChI is InChI=1S/C20H33N5O/c1-15(2)5-6-19(26)25-8-7-17-18(13-25)21-14-22-20(17)24-11-9-23(10-12-24)16(3)4/h14-16H,5-13H2,1-4H3. The predicted molar refractivity (Wildman–Crippen MR) is 104 cm³/mol. The van der Waals surface area contributed by atoms with Gasteiger partial charge >= 0.3 is 0 Å². The molecule has 0 radical (unpaired) electrons. The van der Waals surface area contributed by atoms with Crippen molar-refractivity contribution >= 4 is 11.7 Å². The quantitative estimate of drug-likeness (QED) is 0.808. The van der Waals surface area contributed by atoms with E-state index in [1.165, 1.54) is 5.56 Å². The van der Waals surface area contributed by atoms with Gasteiger partial charge < -0.3 is 9.80 Å². The van der Waals surface area contributed by atoms with E-state index in [4.69, 9.17) is 0 Å². The number of fused-ring (bicyclic) bond motifs is 1. The molecule has 3 rings (SSSR count). The van der Waals surface area contributed by atoms with Gasteiger partial charge in [-0.25, -0.2) is 9.97 Å². The lowest BCUT2D eigenvalue weighted by Crippen LogP contribution is -2.49. The maximum atomic E-state index is 12.5. The molecule has 1 fully saturated rings. The molecule has 26 heavy (non-hydrogen) atoms. The average molecular weight is 360 g/mol. The molecule has 0 aromatic carbocycles. The molecule has 1 aromatic heterocycles. The molecule has 0 bridgehead atoms. The minimum atomic E-state index is 0.259. The van der Waals surface area contributed by atoms with Crippen LogP contribution in [0.1, 0.15) is 51.8 Å². The second-order valence-corrected chi connectivity index (χ2v) is 8.24. The van der Waals surface area contributed by atoms with Crippen LogP contribution >= 0.6 is 0 Å². The zero-order valence-electron chi connectivity index (χ0n) is 16.7. The third-order valence-corrected chi connectivity index (χ3v) is 5.62. The van der Waals surface area contributed by atoms with Crippen molar-refractivity contribution in [3.05, 3.63) is 17.6 Å². The van der Waals surface area contributed by atoms with Gasteiger partial charge in [0.05, 0.1) is 12.2 Å². The number of amides is 1. The Hall–Kier alpha value is -1.69. The normalized spacial score (nSPS) is 18.5. The van der Waals surface area contributed by atoms with Crippen molar-refractivity contribution in [3.63, 3.8) is 0 Å². The molecule has 2 aliphatic rings. The van der Waals surface area contributed by atoms with Crippen molar-refractivity contribution in [1.29, 1.82) is 0 Å². The smallest absolute Gasteiger partial charge is 0.222 e. The molecular weight excluding hydrogens is 326 g/mol. The van der Waals surface area contributed by atoms with Crippen molar-refractivity contribution < 1.29 is 4.79 Å². The Morgan fingerprint density at radius 2 is 1.81 bits per heavy atom. The summed E-state index contributed by atoms with van der Waals surface area (Å²) < 4.78 is 0. The van der Waals surface area contributed by atoms with Gasteiger partial charge in [0.1, 0.15) is 12.1 Å². The first-order chi connectivity index (χ1) is 12.5. The van der Waals surface area contributed by atoms with Crippen LogP contribution in [0.15, 0.2) is 6.33 Å². The number of hydrogen-bond donors (Lipinski definition) is 0. The number of piperazine rings is 1. The number of anilines is 1. The fourth-order valence-corrected chi connectivity index (χ4v) is 3.84. The van der Waals surface area contributed by atoms with Gasteiger partial charge in [0.2, 0.25) is 5.91 Å². The van der Waals surface area contributed by atoms with Gasteiger partial charge in [-0.05, 0) is 32.6 Å². The molecule has 1 amide bonds. The number of nitrogens with zero attached hydrogens (tertiary/aromatic N) is 5. The Labute approximate surface area is 157 Å². The molecule has 0 spiro atoms. The summed E-state index contributed by atoms with van der Waals surface area (Å²) in [6.45, 7) is 14.4. The molecule has 1 saturated heterocycles. The molecule has 0 aliphatic carbocycles. The minimum absolute atomic E-state index is 0.259. The van der Waals surface area contributed by atoms with Crippen molar-refractivity contribution in [1.82, 2.24) is 19.8 Å². The van der Waals surface area contributed by atoms with Crippen molar-refractivity contribution in [3.8, 4) is 0 Å². The van der Waals surface area contributed by atoms with Crippen LogP contribution in [0.3, 0.4) is 0 Å². The van der Waals surface area contributed by atoms with Crippen LogP contribution < -0.4 is 4.90 Å². The first-order valence-electron chi connectivity index (χ1n) is 10.0. The van der Waals surface area contributed by atoms with Gasteiger partial charge in [-0.2, -0.15) is 0 Å². The summed E-state index contributed by atoms with van der Waals surface area (Å²) in [5.41, 5.74) is 2.28. The van der Waals surface area contributed by atoms with Crippen LogP contribution in [0.5, 0.6) is 0 Å². The monoisotopic (exact) mass is 359 g/mol. The van der Waals surface area contributed by atoms with Crippen LogP contribution in [0.25, 0.3) is 0 Å². The highest BCUT2D eigenvalue weighted by Crippen LogP contribution is 2.27. The Balaban J connectivity index is 1.66. The Kier molecular flexibility index (Phi) is 6.12. The van der Waals surface area contributed by atoms with Crippen molar-refractivity contribution in [2.45, 2.75) is 59.5 Å². The van der Waals surface area contributed by atoms with Crippen molar-refractivity contribution in [2.24, 2.45) is 5.92 Å². The van der Waals surface area contributed by atoms with Gasteiger partial charge in [0.25, 0.3) is 0 Å². The maximum absolute atomic E-state index is 12.5. The van der Waals surface area contributed by atoms with Gasteiger partial charge in [0, 0.05) is 50.7 Å². The van der Waals surface area contributed by atoms with E-state index in [1.54, 1.807) is 6.33 Å². The van der Waals surface area contributed by atoms with E-state index < -0.39 is 0 Å². The van der Waals surface area contributed by atoms with Crippen LogP contribution in [0.4, 0.5) is 5.82 Å². The Bertz CT molecular complexity index is 623. The zero-order chi connectivity index (χ0) is 18.7. The van der Waals surface area contributed by atoms with E-state index in [9.17, 15) is 4.79 Å². The second-order valence-electron chi connectivity index (χ2n) is 8.24. The summed E-state index contributed by atoms with van der Waals surface area (Å²) in [7, 11) is 0. The zero-order valence-corrected chi connectivity index (χ0v) is 16.7. The Morgan fingerprint density at radius 3 is 2.46 bits per heavy atom. The molecule has 0 N–H and O–H groups in total. The number of rotatable bonds is 5. The number of hydrogen-bond acceptors (Lipinski definition) is 5. The van der Waals surface area contributed by atoms with E-state index in [-0.39, 0.29) is 5.91 Å². The largest absolute Gasteiger partial charge is 0.354 e. The SMILES string of the molecule is CC(C)CCC(=O)N1CCc2c(ncnc2N2CCN(C(C)C)CC2)C1. The maximum Gasteiger partial charge on any atom is 0.222 e. The third-order valence-electron chi connectivity index (χ3n) is 5.62. The lowest BCUT2D eigenvalue weighted by molar-refractivity contribution is -0.132. The summed E-state index contributed by atoms with van der Waals surface area (Å²) >= 11 is 0. The summed E-state index contributed by atoms with van der Waals surface area (Å²) in [6.07, 6.45) is 4.13. The average Bonchev–Trinajstić information content (AvgIpc) is 2.65. The van der Waals surface area contributed by atoms with Gasteiger partial charge in [-0.15, -0.1) is 0 Å². The minimum Gasteiger partial charge on any atom is -0.354 e. The van der Waals surface area contributed by atoms with E-state index in [0.29, 0.717) is 24.9 Å². The van der Waals surface area contributed by atoms with Crippen molar-refractivity contribution in [2.75, 3.05) is 37.6 Å². The highest BCUT2D eigenvalue weighted by atomic mass is 16.2. The molecule has 0 unspecified atom stereocenters. The van der Waals surface area contributed by atoms with Crippen LogP contribution in [-0.2, 0) is 17.8 Å². The fourth-order valence-electron chi connectivity index (χ4n) is 3.84. The molecule has 144 valence electrons. The summed E-state index contributed by atoms with van der Waals surface area (Å²) in [5, 5.41) is 0. The molecule has 3 heterocycles. The van der Waals surface area contributed by atoms with Crippen LogP contribution in [-0.4, -0.2) is 64.4 Å². The molecular formula is C20H33N5O. The number of carbonyl (C=O) groups excluding carboxylic acids is 1. The topological polar surface area (TPSA) is 52.6 Å². The predicted octanol–water partition coefficient (Wildman–Crippen LogP) is 2.33. The van der Waals surface area contributed by atoms with E-state index >= 15 is 0 Å². The highest BCUT2D eigenvalue weighted by Gasteiger charge is 2.27. The highest BCUT2D eigenvalue weighted by molar-refractivity contribution is 5.76. The first kappa shape index (κ1) is 19.1. The van der Waals surface area contributed by atoms with E-state index in [1.807, 2.05) is 4.90 Å². The molecule has 6 nitrogen and oxygen atoms in total. The fraction of sp³-hybridized carbons (Fsp3) is 0.750. The Morgan fingerprint density at radius 1 is 1.08 bits per heavy atom. The number of carbonyl (C=O) groups is 1. The molecule has 0 saturated carbocycles. The lowest BCUT2D eigenvalue weighted by atomic mass is 10.0. The van der Waals surface area contributed by atoms with Crippen LogP contribution in [0.2, 0.25) is 0 Å². The van der Waals surface area contributed by atoms with E-state index in [0.717, 1.165) is 57.1 Å². The molecule has 2 aliphatic heterocycles. The van der Waals surface area contributed by atoms with Gasteiger partial charge in [-0.1, -0.05) is 13.8 Å². The third kappa shape index (κ3) is 4.34. The summed E-state index contributed by atoms with van der Waals surface area (Å²) in [6, 6.07) is 0.599. The van der Waals surface area contributed by atoms with Gasteiger partial charge in [0.15, 0.2) is 0 Å². The van der Waals surface area contributed by atoms with Crippen LogP contribution in [0, 0.1) is 5.92 Å². The molecule has 1 aromatic rings. The van der Waals surface area contributed by atoms with E-state index in [2.05, 4.69) is 47.5 Å². The lowest BCUT2D eigenvalue weighted by Gasteiger charge is -2.39. The summed E-state index contributed by atoms with van der Waals surface area (Å²) in [5.74, 6) is 1.91. The summed E-state index contributed by atoms with van der Waals surface area (Å²) in [4.78, 5) is 28.5. The first-order valence-corrected chi connectivity index (χ1v) is 10.0. The van der Waals surface area contributed by atoms with Gasteiger partial charge in [-0.3, -0.25) is 9.69 Å². The second kappa shape index (κ2) is 8.33. The number of aromatic nitrogens is 2.